The molecule has 0 saturated carbocycles. The Morgan fingerprint density at radius 3 is 2.27 bits per heavy atom. The quantitative estimate of drug-likeness (QED) is 0.777. The van der Waals surface area contributed by atoms with E-state index in [1.807, 2.05) is 0 Å². The normalized spacial score (nSPS) is 13.5. The van der Waals surface area contributed by atoms with Gasteiger partial charge in [-0.1, -0.05) is 30.3 Å². The van der Waals surface area contributed by atoms with Gasteiger partial charge >= 0.3 is 16.3 Å². The van der Waals surface area contributed by atoms with Crippen LogP contribution in [-0.2, 0) is 15.0 Å². The van der Waals surface area contributed by atoms with Gasteiger partial charge in [-0.2, -0.15) is 8.42 Å². The van der Waals surface area contributed by atoms with Gasteiger partial charge in [0.1, 0.15) is 5.60 Å². The fraction of sp³-hybridized carbons (Fsp3) is 0.533. The molecule has 0 aliphatic rings. The van der Waals surface area contributed by atoms with Crippen molar-refractivity contribution in [3.05, 3.63) is 35.9 Å². The Morgan fingerprint density at radius 1 is 1.27 bits per heavy atom. The van der Waals surface area contributed by atoms with Crippen LogP contribution in [0.2, 0.25) is 0 Å². The van der Waals surface area contributed by atoms with Crippen LogP contribution >= 0.6 is 0 Å². The smallest absolute Gasteiger partial charge is 0.410 e. The summed E-state index contributed by atoms with van der Waals surface area (Å²) in [6.07, 6.45) is -0.629. The summed E-state index contributed by atoms with van der Waals surface area (Å²) >= 11 is 0. The predicted molar refractivity (Wildman–Crippen MR) is 82.7 cm³/mol. The van der Waals surface area contributed by atoms with E-state index in [0.717, 1.165) is 5.56 Å². The third-order valence-corrected chi connectivity index (χ3v) is 3.69. The SMILES string of the molecule is CN(C(=O)OC(C)(C)C)C(CCS(=O)(=O)F)c1ccccc1. The molecule has 0 aliphatic carbocycles. The van der Waals surface area contributed by atoms with Crippen molar-refractivity contribution in [1.29, 1.82) is 0 Å². The molecule has 1 aromatic rings. The zero-order valence-corrected chi connectivity index (χ0v) is 14.1. The largest absolute Gasteiger partial charge is 0.444 e. The second-order valence-corrected chi connectivity index (χ2v) is 7.54. The van der Waals surface area contributed by atoms with Gasteiger partial charge in [0.15, 0.2) is 0 Å². The average molecular weight is 331 g/mol. The summed E-state index contributed by atoms with van der Waals surface area (Å²) in [4.78, 5) is 13.5. The number of nitrogens with zero attached hydrogens (tertiary/aromatic N) is 1. The van der Waals surface area contributed by atoms with Crippen LogP contribution in [0.3, 0.4) is 0 Å². The molecule has 0 spiro atoms. The molecule has 0 saturated heterocycles. The van der Waals surface area contributed by atoms with Gasteiger partial charge in [0, 0.05) is 7.05 Å². The van der Waals surface area contributed by atoms with Crippen LogP contribution in [0.15, 0.2) is 30.3 Å². The maximum Gasteiger partial charge on any atom is 0.410 e. The van der Waals surface area contributed by atoms with Crippen LogP contribution in [0.25, 0.3) is 0 Å². The number of halogens is 1. The average Bonchev–Trinajstić information content (AvgIpc) is 2.36. The molecule has 1 aromatic carbocycles. The first-order valence-corrected chi connectivity index (χ1v) is 8.48. The van der Waals surface area contributed by atoms with Crippen LogP contribution in [0.1, 0.15) is 38.8 Å². The van der Waals surface area contributed by atoms with Gasteiger partial charge in [0.05, 0.1) is 11.8 Å². The van der Waals surface area contributed by atoms with E-state index in [9.17, 15) is 17.1 Å². The zero-order chi connectivity index (χ0) is 17.0. The van der Waals surface area contributed by atoms with Crippen molar-refractivity contribution in [2.45, 2.75) is 38.8 Å². The lowest BCUT2D eigenvalue weighted by Crippen LogP contribution is -2.37. The fourth-order valence-corrected chi connectivity index (χ4v) is 2.48. The third kappa shape index (κ3) is 6.43. The minimum atomic E-state index is -4.60. The second-order valence-electron chi connectivity index (χ2n) is 6.05. The number of carbonyl (C=O) groups excluding carboxylic acids is 1. The molecule has 124 valence electrons. The molecule has 5 nitrogen and oxygen atoms in total. The Labute approximate surface area is 131 Å². The van der Waals surface area contributed by atoms with Gasteiger partial charge in [-0.05, 0) is 32.8 Å². The van der Waals surface area contributed by atoms with Gasteiger partial charge in [-0.25, -0.2) is 4.79 Å². The first-order valence-electron chi connectivity index (χ1n) is 6.93. The first-order chi connectivity index (χ1) is 9.99. The van der Waals surface area contributed by atoms with Crippen LogP contribution in [-0.4, -0.2) is 37.8 Å². The first kappa shape index (κ1) is 18.4. The zero-order valence-electron chi connectivity index (χ0n) is 13.2. The number of amides is 1. The monoisotopic (exact) mass is 331 g/mol. The van der Waals surface area contributed by atoms with Crippen LogP contribution in [0.4, 0.5) is 8.68 Å². The van der Waals surface area contributed by atoms with E-state index < -0.39 is 33.7 Å². The summed E-state index contributed by atoms with van der Waals surface area (Å²) in [5.74, 6) is -0.653. The second kappa shape index (κ2) is 7.09. The van der Waals surface area contributed by atoms with E-state index in [1.165, 1.54) is 11.9 Å². The molecule has 0 N–H and O–H groups in total. The standard InChI is InChI=1S/C15H22FNO4S/c1-15(2,3)21-14(18)17(4)13(10-11-22(16,19)20)12-8-6-5-7-9-12/h5-9,13H,10-11H2,1-4H3. The minimum Gasteiger partial charge on any atom is -0.444 e. The maximum absolute atomic E-state index is 12.8. The summed E-state index contributed by atoms with van der Waals surface area (Å²) in [5.41, 5.74) is 0.0539. The van der Waals surface area contributed by atoms with Gasteiger partial charge in [0.2, 0.25) is 0 Å². The van der Waals surface area contributed by atoms with Crippen molar-refractivity contribution in [1.82, 2.24) is 4.90 Å². The highest BCUT2D eigenvalue weighted by Crippen LogP contribution is 2.25. The van der Waals surface area contributed by atoms with Crippen LogP contribution < -0.4 is 0 Å². The third-order valence-electron chi connectivity index (χ3n) is 2.97. The Bertz CT molecular complexity index is 596. The van der Waals surface area contributed by atoms with Crippen molar-refractivity contribution >= 4 is 16.3 Å². The lowest BCUT2D eigenvalue weighted by atomic mass is 10.0. The van der Waals surface area contributed by atoms with Crippen molar-refractivity contribution in [2.24, 2.45) is 0 Å². The molecular formula is C15H22FNO4S. The van der Waals surface area contributed by atoms with E-state index in [4.69, 9.17) is 4.74 Å². The summed E-state index contributed by atoms with van der Waals surface area (Å²) in [6, 6.07) is 8.29. The van der Waals surface area contributed by atoms with Crippen LogP contribution in [0, 0.1) is 0 Å². The lowest BCUT2D eigenvalue weighted by Gasteiger charge is -2.31. The molecule has 0 aromatic heterocycles. The molecule has 1 amide bonds. The Kier molecular flexibility index (Phi) is 5.93. The van der Waals surface area contributed by atoms with E-state index in [2.05, 4.69) is 0 Å². The number of rotatable bonds is 5. The summed E-state index contributed by atoms with van der Waals surface area (Å²) in [5, 5.41) is 0. The number of carbonyl (C=O) groups is 1. The number of hydrogen-bond acceptors (Lipinski definition) is 4. The van der Waals surface area contributed by atoms with Crippen molar-refractivity contribution in [3.63, 3.8) is 0 Å². The molecule has 0 bridgehead atoms. The molecule has 1 atom stereocenters. The number of hydrogen-bond donors (Lipinski definition) is 0. The van der Waals surface area contributed by atoms with Crippen molar-refractivity contribution in [3.8, 4) is 0 Å². The van der Waals surface area contributed by atoms with Crippen LogP contribution in [0.5, 0.6) is 0 Å². The lowest BCUT2D eigenvalue weighted by molar-refractivity contribution is 0.0216. The van der Waals surface area contributed by atoms with Crippen molar-refractivity contribution in [2.75, 3.05) is 12.8 Å². The number of ether oxygens (including phenoxy) is 1. The molecule has 0 radical (unpaired) electrons. The molecule has 0 fully saturated rings. The maximum atomic E-state index is 12.8. The van der Waals surface area contributed by atoms with E-state index in [-0.39, 0.29) is 6.42 Å². The highest BCUT2D eigenvalue weighted by atomic mass is 32.3. The topological polar surface area (TPSA) is 63.7 Å². The Balaban J connectivity index is 2.97. The minimum absolute atomic E-state index is 0.0431. The number of benzene rings is 1. The highest BCUT2D eigenvalue weighted by molar-refractivity contribution is 7.86. The van der Waals surface area contributed by atoms with E-state index >= 15 is 0 Å². The van der Waals surface area contributed by atoms with Gasteiger partial charge < -0.3 is 9.64 Å². The van der Waals surface area contributed by atoms with E-state index in [0.29, 0.717) is 0 Å². The van der Waals surface area contributed by atoms with E-state index in [1.54, 1.807) is 51.1 Å². The molecule has 0 aliphatic heterocycles. The summed E-state index contributed by atoms with van der Waals surface area (Å²) in [7, 11) is -3.09. The molecular weight excluding hydrogens is 309 g/mol. The highest BCUT2D eigenvalue weighted by Gasteiger charge is 2.27. The van der Waals surface area contributed by atoms with Gasteiger partial charge in [-0.15, -0.1) is 3.89 Å². The molecule has 22 heavy (non-hydrogen) atoms. The van der Waals surface area contributed by atoms with Gasteiger partial charge in [-0.3, -0.25) is 0 Å². The Hall–Kier alpha value is -1.63. The van der Waals surface area contributed by atoms with Crippen molar-refractivity contribution < 1.29 is 21.8 Å². The van der Waals surface area contributed by atoms with Gasteiger partial charge in [0.25, 0.3) is 0 Å². The Morgan fingerprint density at radius 2 is 1.82 bits per heavy atom. The molecule has 0 heterocycles. The summed E-state index contributed by atoms with van der Waals surface area (Å²) in [6.45, 7) is 5.22. The molecule has 7 heteroatoms. The molecule has 1 unspecified atom stereocenters. The molecule has 1 rings (SSSR count). The summed E-state index contributed by atoms with van der Waals surface area (Å²) < 4.78 is 39.7. The fourth-order valence-electron chi connectivity index (χ4n) is 1.97. The predicted octanol–water partition coefficient (Wildman–Crippen LogP) is 3.28.